The van der Waals surface area contributed by atoms with Crippen molar-refractivity contribution in [3.05, 3.63) is 24.1 Å². The molecule has 0 aliphatic carbocycles. The van der Waals surface area contributed by atoms with Crippen LogP contribution in [0.5, 0.6) is 0 Å². The van der Waals surface area contributed by atoms with Gasteiger partial charge in [0.15, 0.2) is 0 Å². The number of anilines is 1. The molecule has 2 heterocycles. The van der Waals surface area contributed by atoms with Crippen LogP contribution in [0.1, 0.15) is 12.8 Å². The van der Waals surface area contributed by atoms with Crippen LogP contribution in [-0.4, -0.2) is 37.7 Å². The predicted molar refractivity (Wildman–Crippen MR) is 69.2 cm³/mol. The van der Waals surface area contributed by atoms with Crippen LogP contribution in [0.25, 0.3) is 0 Å². The number of hydrogen-bond acceptors (Lipinski definition) is 4. The van der Waals surface area contributed by atoms with E-state index in [0.717, 1.165) is 19.3 Å². The van der Waals surface area contributed by atoms with Gasteiger partial charge >= 0.3 is 0 Å². The van der Waals surface area contributed by atoms with Crippen molar-refractivity contribution in [3.63, 3.8) is 0 Å². The number of ether oxygens (including phenoxy) is 1. The zero-order valence-corrected chi connectivity index (χ0v) is 10.9. The van der Waals surface area contributed by atoms with Crippen LogP contribution in [0.4, 0.5) is 10.2 Å². The number of nitrogens with zero attached hydrogens (tertiary/aromatic N) is 1. The van der Waals surface area contributed by atoms with E-state index in [4.69, 9.17) is 4.74 Å². The average Bonchev–Trinajstić information content (AvgIpc) is 2.43. The minimum atomic E-state index is -0.532. The Balaban J connectivity index is 2.09. The van der Waals surface area contributed by atoms with Gasteiger partial charge in [-0.1, -0.05) is 0 Å². The number of piperidine rings is 1. The maximum Gasteiger partial charge on any atom is 0.234 e. The molecule has 2 rings (SSSR count). The number of pyridine rings is 1. The Hall–Kier alpha value is -1.53. The summed E-state index contributed by atoms with van der Waals surface area (Å²) in [6, 6.07) is 2.73. The number of carbonyl (C=O) groups is 1. The van der Waals surface area contributed by atoms with Crippen LogP contribution in [-0.2, 0) is 9.53 Å². The topological polar surface area (TPSA) is 63.2 Å². The first-order valence-corrected chi connectivity index (χ1v) is 6.29. The van der Waals surface area contributed by atoms with Crippen LogP contribution in [0.15, 0.2) is 18.3 Å². The van der Waals surface area contributed by atoms with Crippen molar-refractivity contribution in [2.45, 2.75) is 12.8 Å². The first kappa shape index (κ1) is 13.9. The van der Waals surface area contributed by atoms with Crippen LogP contribution >= 0.6 is 0 Å². The summed E-state index contributed by atoms with van der Waals surface area (Å²) in [5.41, 5.74) is -0.532. The fourth-order valence-electron chi connectivity index (χ4n) is 2.32. The smallest absolute Gasteiger partial charge is 0.234 e. The summed E-state index contributed by atoms with van der Waals surface area (Å²) in [6.07, 6.45) is 2.52. The van der Waals surface area contributed by atoms with E-state index in [9.17, 15) is 9.18 Å². The van der Waals surface area contributed by atoms with E-state index in [1.165, 1.54) is 12.1 Å². The van der Waals surface area contributed by atoms with Crippen molar-refractivity contribution in [2.75, 3.05) is 32.1 Å². The van der Waals surface area contributed by atoms with Crippen molar-refractivity contribution in [2.24, 2.45) is 5.41 Å². The molecule has 0 bridgehead atoms. The molecule has 1 aromatic heterocycles. The Bertz CT molecular complexity index is 425. The van der Waals surface area contributed by atoms with Crippen LogP contribution in [0.3, 0.4) is 0 Å². The van der Waals surface area contributed by atoms with Gasteiger partial charge in [-0.15, -0.1) is 0 Å². The molecule has 0 aromatic carbocycles. The molecular weight excluding hydrogens is 249 g/mol. The molecule has 0 unspecified atom stereocenters. The second-order valence-corrected chi connectivity index (χ2v) is 4.78. The second kappa shape index (κ2) is 6.08. The van der Waals surface area contributed by atoms with E-state index in [1.54, 1.807) is 7.11 Å². The van der Waals surface area contributed by atoms with Gasteiger partial charge in [0.05, 0.1) is 18.2 Å². The van der Waals surface area contributed by atoms with E-state index >= 15 is 0 Å². The highest BCUT2D eigenvalue weighted by atomic mass is 19.1. The third-order valence-corrected chi connectivity index (χ3v) is 3.43. The lowest BCUT2D eigenvalue weighted by Crippen LogP contribution is -2.47. The lowest BCUT2D eigenvalue weighted by Gasteiger charge is -2.35. The molecular formula is C13H18FN3O2. The molecule has 1 amide bonds. The average molecular weight is 267 g/mol. The molecule has 1 fully saturated rings. The second-order valence-electron chi connectivity index (χ2n) is 4.78. The summed E-state index contributed by atoms with van der Waals surface area (Å²) in [7, 11) is 1.59. The molecule has 1 aliphatic rings. The van der Waals surface area contributed by atoms with Crippen LogP contribution < -0.4 is 10.6 Å². The Labute approximate surface area is 111 Å². The Morgan fingerprint density at radius 1 is 1.53 bits per heavy atom. The quantitative estimate of drug-likeness (QED) is 0.859. The Morgan fingerprint density at radius 3 is 2.84 bits per heavy atom. The standard InChI is InChI=1S/C13H18FN3O2/c1-19-9-13(4-6-15-7-5-13)12(18)17-11-3-2-10(14)8-16-11/h2-3,8,15H,4-7,9H2,1H3,(H,16,17,18). The van der Waals surface area contributed by atoms with Crippen LogP contribution in [0.2, 0.25) is 0 Å². The first-order valence-electron chi connectivity index (χ1n) is 6.29. The minimum absolute atomic E-state index is 0.116. The summed E-state index contributed by atoms with van der Waals surface area (Å²) >= 11 is 0. The highest BCUT2D eigenvalue weighted by Crippen LogP contribution is 2.30. The molecule has 5 nitrogen and oxygen atoms in total. The van der Waals surface area contributed by atoms with Gasteiger partial charge in [-0.2, -0.15) is 0 Å². The van der Waals surface area contributed by atoms with Gasteiger partial charge in [0, 0.05) is 7.11 Å². The molecule has 0 radical (unpaired) electrons. The number of halogens is 1. The summed E-state index contributed by atoms with van der Waals surface area (Å²) in [5.74, 6) is -0.179. The molecule has 0 spiro atoms. The van der Waals surface area contributed by atoms with E-state index in [0.29, 0.717) is 25.3 Å². The molecule has 2 N–H and O–H groups in total. The highest BCUT2D eigenvalue weighted by Gasteiger charge is 2.39. The third-order valence-electron chi connectivity index (χ3n) is 3.43. The number of hydrogen-bond donors (Lipinski definition) is 2. The third kappa shape index (κ3) is 3.27. The normalized spacial score (nSPS) is 18.0. The number of rotatable bonds is 4. The number of methoxy groups -OCH3 is 1. The van der Waals surface area contributed by atoms with Gasteiger partial charge in [-0.05, 0) is 38.1 Å². The number of aromatic nitrogens is 1. The van der Waals surface area contributed by atoms with Crippen molar-refractivity contribution in [1.82, 2.24) is 10.3 Å². The van der Waals surface area contributed by atoms with Crippen molar-refractivity contribution < 1.29 is 13.9 Å². The maximum atomic E-state index is 12.8. The maximum absolute atomic E-state index is 12.8. The summed E-state index contributed by atoms with van der Waals surface area (Å²) in [5, 5.41) is 5.96. The van der Waals surface area contributed by atoms with Crippen molar-refractivity contribution >= 4 is 11.7 Å². The summed E-state index contributed by atoms with van der Waals surface area (Å²) in [4.78, 5) is 16.3. The van der Waals surface area contributed by atoms with E-state index in [1.807, 2.05) is 0 Å². The fraction of sp³-hybridized carbons (Fsp3) is 0.538. The van der Waals surface area contributed by atoms with Crippen LogP contribution in [0, 0.1) is 11.2 Å². The highest BCUT2D eigenvalue weighted by molar-refractivity contribution is 5.94. The van der Waals surface area contributed by atoms with E-state index in [-0.39, 0.29) is 5.91 Å². The van der Waals surface area contributed by atoms with Gasteiger partial charge in [0.2, 0.25) is 5.91 Å². The summed E-state index contributed by atoms with van der Waals surface area (Å²) < 4.78 is 18.0. The van der Waals surface area contributed by atoms with E-state index < -0.39 is 11.2 Å². The van der Waals surface area contributed by atoms with Gasteiger partial charge in [0.25, 0.3) is 0 Å². The molecule has 0 saturated carbocycles. The van der Waals surface area contributed by atoms with Gasteiger partial charge in [-0.25, -0.2) is 9.37 Å². The number of nitrogens with one attached hydrogen (secondary N) is 2. The van der Waals surface area contributed by atoms with Gasteiger partial charge in [0.1, 0.15) is 11.6 Å². The monoisotopic (exact) mass is 267 g/mol. The lowest BCUT2D eigenvalue weighted by molar-refractivity contribution is -0.130. The van der Waals surface area contributed by atoms with Crippen molar-refractivity contribution in [3.8, 4) is 0 Å². The molecule has 0 atom stereocenters. The zero-order valence-electron chi connectivity index (χ0n) is 10.9. The molecule has 1 aliphatic heterocycles. The fourth-order valence-corrected chi connectivity index (χ4v) is 2.32. The predicted octanol–water partition coefficient (Wildman–Crippen LogP) is 1.18. The van der Waals surface area contributed by atoms with Crippen molar-refractivity contribution in [1.29, 1.82) is 0 Å². The summed E-state index contributed by atoms with van der Waals surface area (Å²) in [6.45, 7) is 1.95. The molecule has 104 valence electrons. The van der Waals surface area contributed by atoms with Gasteiger partial charge < -0.3 is 15.4 Å². The number of carbonyl (C=O) groups excluding carboxylic acids is 1. The first-order chi connectivity index (χ1) is 9.16. The SMILES string of the molecule is COCC1(C(=O)Nc2ccc(F)cn2)CCNCC1. The molecule has 6 heteroatoms. The Morgan fingerprint density at radius 2 is 2.26 bits per heavy atom. The lowest BCUT2D eigenvalue weighted by atomic mass is 9.78. The molecule has 1 aromatic rings. The minimum Gasteiger partial charge on any atom is -0.384 e. The largest absolute Gasteiger partial charge is 0.384 e. The zero-order chi connectivity index (χ0) is 13.7. The van der Waals surface area contributed by atoms with E-state index in [2.05, 4.69) is 15.6 Å². The Kier molecular flexibility index (Phi) is 4.44. The van der Waals surface area contributed by atoms with Gasteiger partial charge in [-0.3, -0.25) is 4.79 Å². The molecule has 19 heavy (non-hydrogen) atoms. The number of amides is 1. The molecule has 1 saturated heterocycles.